The first-order valence-electron chi connectivity index (χ1n) is 13.7. The standard InChI is InChI=1S/C29H30Cl2N4O6/c30-20-2-4-26(23(31)13-20)39-17-28-32-14-22(40-28)11-18-5-8-34(9-6-18)16-27-33-24-3-1-19(29(36)41-37)12-25(24)35(27)15-21-7-10-38-21/h1-4,12-14,18,21,37H,5-11,15-17H2/t21-/m0/s1. The van der Waals surface area contributed by atoms with Crippen molar-refractivity contribution in [1.29, 1.82) is 0 Å². The molecule has 4 heterocycles. The third kappa shape index (κ3) is 6.52. The fraction of sp³-hybridized carbons (Fsp3) is 0.414. The maximum absolute atomic E-state index is 11.9. The minimum Gasteiger partial charge on any atom is -0.482 e. The topological polar surface area (TPSA) is 112 Å². The van der Waals surface area contributed by atoms with Gasteiger partial charge in [0.1, 0.15) is 17.3 Å². The maximum atomic E-state index is 11.9. The van der Waals surface area contributed by atoms with Crippen LogP contribution in [0.1, 0.15) is 47.1 Å². The second-order valence-electron chi connectivity index (χ2n) is 10.5. The number of imidazole rings is 1. The highest BCUT2D eigenvalue weighted by atomic mass is 35.5. The van der Waals surface area contributed by atoms with Crippen molar-refractivity contribution in [3.05, 3.63) is 75.7 Å². The SMILES string of the molecule is O=C(OO)c1ccc2nc(CN3CCC(Cc4cnc(COc5ccc(Cl)cc5Cl)o4)CC3)n(C[C@@H]3CCO3)c2c1. The maximum Gasteiger partial charge on any atom is 0.372 e. The number of likely N-dealkylation sites (tertiary alicyclic amines) is 1. The van der Waals surface area contributed by atoms with E-state index in [0.717, 1.165) is 68.0 Å². The summed E-state index contributed by atoms with van der Waals surface area (Å²) in [5.41, 5.74) is 1.91. The van der Waals surface area contributed by atoms with Crippen LogP contribution in [0.5, 0.6) is 5.75 Å². The van der Waals surface area contributed by atoms with Gasteiger partial charge in [0.05, 0.1) is 47.0 Å². The van der Waals surface area contributed by atoms with Gasteiger partial charge in [-0.1, -0.05) is 23.2 Å². The molecule has 0 radical (unpaired) electrons. The highest BCUT2D eigenvalue weighted by Gasteiger charge is 2.26. The normalized spacial score (nSPS) is 18.0. The number of aromatic nitrogens is 3. The summed E-state index contributed by atoms with van der Waals surface area (Å²) in [5, 5.41) is 9.82. The third-order valence-electron chi connectivity index (χ3n) is 7.73. The first kappa shape index (κ1) is 28.0. The zero-order valence-corrected chi connectivity index (χ0v) is 23.8. The van der Waals surface area contributed by atoms with Crippen LogP contribution in [0.2, 0.25) is 10.0 Å². The summed E-state index contributed by atoms with van der Waals surface area (Å²) in [7, 11) is 0. The van der Waals surface area contributed by atoms with Crippen molar-refractivity contribution in [3.8, 4) is 5.75 Å². The van der Waals surface area contributed by atoms with Gasteiger partial charge in [-0.3, -0.25) is 9.79 Å². The molecule has 6 rings (SSSR count). The number of benzene rings is 2. The lowest BCUT2D eigenvalue weighted by atomic mass is 9.93. The Morgan fingerprint density at radius 1 is 1.12 bits per heavy atom. The minimum atomic E-state index is -0.791. The molecule has 4 aromatic rings. The molecule has 0 aliphatic carbocycles. The van der Waals surface area contributed by atoms with Crippen molar-refractivity contribution in [2.24, 2.45) is 5.92 Å². The Kier molecular flexibility index (Phi) is 8.45. The van der Waals surface area contributed by atoms with Gasteiger partial charge in [-0.15, -0.1) is 0 Å². The minimum absolute atomic E-state index is 0.130. The summed E-state index contributed by atoms with van der Waals surface area (Å²) in [6, 6.07) is 10.2. The van der Waals surface area contributed by atoms with Crippen LogP contribution < -0.4 is 4.74 Å². The van der Waals surface area contributed by atoms with Gasteiger partial charge >= 0.3 is 5.97 Å². The molecule has 0 bridgehead atoms. The van der Waals surface area contributed by atoms with Crippen molar-refractivity contribution in [2.75, 3.05) is 19.7 Å². The molecular formula is C29H30Cl2N4O6. The lowest BCUT2D eigenvalue weighted by Gasteiger charge is -2.32. The average molecular weight is 601 g/mol. The Bertz CT molecular complexity index is 1530. The van der Waals surface area contributed by atoms with Crippen LogP contribution in [0.15, 0.2) is 47.0 Å². The number of rotatable bonds is 10. The predicted molar refractivity (Wildman–Crippen MR) is 151 cm³/mol. The van der Waals surface area contributed by atoms with Gasteiger partial charge in [-0.2, -0.15) is 5.26 Å². The fourth-order valence-corrected chi connectivity index (χ4v) is 5.85. The third-order valence-corrected chi connectivity index (χ3v) is 8.26. The Hall–Kier alpha value is -3.15. The lowest BCUT2D eigenvalue weighted by Crippen LogP contribution is -2.36. The molecular weight excluding hydrogens is 571 g/mol. The highest BCUT2D eigenvalue weighted by Crippen LogP contribution is 2.29. The largest absolute Gasteiger partial charge is 0.482 e. The molecule has 2 saturated heterocycles. The van der Waals surface area contributed by atoms with Gasteiger partial charge in [-0.25, -0.2) is 14.8 Å². The number of fused-ring (bicyclic) bond motifs is 1. The quantitative estimate of drug-likeness (QED) is 0.179. The lowest BCUT2D eigenvalue weighted by molar-refractivity contribution is -0.182. The molecule has 0 saturated carbocycles. The van der Waals surface area contributed by atoms with Crippen LogP contribution >= 0.6 is 23.2 Å². The number of nitrogens with zero attached hydrogens (tertiary/aromatic N) is 4. The van der Waals surface area contributed by atoms with Crippen LogP contribution in [0.3, 0.4) is 0 Å². The summed E-state index contributed by atoms with van der Waals surface area (Å²) in [5.74, 6) is 2.53. The Morgan fingerprint density at radius 2 is 1.95 bits per heavy atom. The molecule has 2 aliphatic heterocycles. The van der Waals surface area contributed by atoms with Crippen LogP contribution in [-0.4, -0.2) is 56.5 Å². The van der Waals surface area contributed by atoms with E-state index in [1.54, 1.807) is 42.6 Å². The van der Waals surface area contributed by atoms with E-state index in [9.17, 15) is 4.79 Å². The van der Waals surface area contributed by atoms with E-state index < -0.39 is 5.97 Å². The van der Waals surface area contributed by atoms with E-state index >= 15 is 0 Å². The molecule has 1 atom stereocenters. The van der Waals surface area contributed by atoms with Crippen molar-refractivity contribution in [1.82, 2.24) is 19.4 Å². The molecule has 2 fully saturated rings. The van der Waals surface area contributed by atoms with Gasteiger partial charge in [0, 0.05) is 18.1 Å². The zero-order valence-electron chi connectivity index (χ0n) is 22.3. The van der Waals surface area contributed by atoms with E-state index in [-0.39, 0.29) is 18.3 Å². The van der Waals surface area contributed by atoms with Crippen LogP contribution in [-0.2, 0) is 35.7 Å². The number of hydrogen-bond donors (Lipinski definition) is 1. The van der Waals surface area contributed by atoms with Gasteiger partial charge in [0.2, 0.25) is 5.89 Å². The van der Waals surface area contributed by atoms with E-state index in [1.165, 1.54) is 0 Å². The second-order valence-corrected chi connectivity index (χ2v) is 11.4. The van der Waals surface area contributed by atoms with Crippen LogP contribution in [0, 0.1) is 5.92 Å². The smallest absolute Gasteiger partial charge is 0.372 e. The molecule has 41 heavy (non-hydrogen) atoms. The molecule has 10 nitrogen and oxygen atoms in total. The Morgan fingerprint density at radius 3 is 2.68 bits per heavy atom. The number of piperidine rings is 1. The van der Waals surface area contributed by atoms with E-state index in [0.29, 0.717) is 40.7 Å². The van der Waals surface area contributed by atoms with Crippen LogP contribution in [0.25, 0.3) is 11.0 Å². The first-order valence-corrected chi connectivity index (χ1v) is 14.4. The first-order chi connectivity index (χ1) is 19.9. The number of ether oxygens (including phenoxy) is 2. The molecule has 2 aromatic heterocycles. The number of carbonyl (C=O) groups excluding carboxylic acids is 1. The second kappa shape index (κ2) is 12.4. The van der Waals surface area contributed by atoms with Gasteiger partial charge < -0.3 is 18.5 Å². The molecule has 0 amide bonds. The van der Waals surface area contributed by atoms with Gasteiger partial charge in [0.25, 0.3) is 0 Å². The monoisotopic (exact) mass is 600 g/mol. The van der Waals surface area contributed by atoms with Gasteiger partial charge in [0.15, 0.2) is 6.61 Å². The van der Waals surface area contributed by atoms with E-state index in [2.05, 4.69) is 19.3 Å². The van der Waals surface area contributed by atoms with Crippen molar-refractivity contribution in [2.45, 2.75) is 51.5 Å². The molecule has 216 valence electrons. The van der Waals surface area contributed by atoms with Crippen molar-refractivity contribution in [3.63, 3.8) is 0 Å². The molecule has 1 N–H and O–H groups in total. The van der Waals surface area contributed by atoms with Crippen molar-refractivity contribution < 1.29 is 28.8 Å². The molecule has 0 spiro atoms. The number of hydrogen-bond acceptors (Lipinski definition) is 9. The summed E-state index contributed by atoms with van der Waals surface area (Å²) in [6.07, 6.45) is 5.79. The number of carbonyl (C=O) groups is 1. The zero-order chi connectivity index (χ0) is 28.3. The Labute approximate surface area is 246 Å². The van der Waals surface area contributed by atoms with Crippen LogP contribution in [0.4, 0.5) is 0 Å². The Balaban J connectivity index is 1.05. The summed E-state index contributed by atoms with van der Waals surface area (Å²) in [6.45, 7) is 4.20. The van der Waals surface area contributed by atoms with Crippen molar-refractivity contribution >= 4 is 40.2 Å². The fourth-order valence-electron chi connectivity index (χ4n) is 5.38. The molecule has 12 heteroatoms. The molecule has 0 unspecified atom stereocenters. The molecule has 2 aliphatic rings. The highest BCUT2D eigenvalue weighted by molar-refractivity contribution is 6.35. The summed E-state index contributed by atoms with van der Waals surface area (Å²) in [4.78, 5) is 27.5. The molecule has 2 aromatic carbocycles. The number of oxazole rings is 1. The number of halogens is 2. The predicted octanol–water partition coefficient (Wildman–Crippen LogP) is 5.78. The summed E-state index contributed by atoms with van der Waals surface area (Å²) < 4.78 is 19.5. The van der Waals surface area contributed by atoms with E-state index in [4.69, 9.17) is 47.3 Å². The van der Waals surface area contributed by atoms with Gasteiger partial charge in [-0.05, 0) is 74.7 Å². The van der Waals surface area contributed by atoms with E-state index in [1.807, 2.05) is 0 Å². The summed E-state index contributed by atoms with van der Waals surface area (Å²) >= 11 is 12.1. The average Bonchev–Trinajstić information content (AvgIpc) is 3.54.